The molecule has 98 valence electrons. The van der Waals surface area contributed by atoms with Crippen LogP contribution in [0.2, 0.25) is 0 Å². The zero-order chi connectivity index (χ0) is 13.1. The van der Waals surface area contributed by atoms with E-state index in [0.29, 0.717) is 11.7 Å². The summed E-state index contributed by atoms with van der Waals surface area (Å²) < 4.78 is 19.1. The van der Waals surface area contributed by atoms with Crippen molar-refractivity contribution in [2.45, 2.75) is 38.8 Å². The summed E-state index contributed by atoms with van der Waals surface area (Å²) in [6.45, 7) is 3.73. The van der Waals surface area contributed by atoms with Gasteiger partial charge >= 0.3 is 0 Å². The molecule has 3 nitrogen and oxygen atoms in total. The summed E-state index contributed by atoms with van der Waals surface area (Å²) in [6, 6.07) is 3.29. The SMILES string of the molecule is CC(C)Oc1cc(NC2CC=CC2)c(N)cc1F. The molecule has 0 bridgehead atoms. The Morgan fingerprint density at radius 1 is 1.33 bits per heavy atom. The third-order valence-electron chi connectivity index (χ3n) is 2.83. The van der Waals surface area contributed by atoms with Crippen LogP contribution in [0.4, 0.5) is 15.8 Å². The van der Waals surface area contributed by atoms with Gasteiger partial charge in [-0.05, 0) is 26.7 Å². The fourth-order valence-electron chi connectivity index (χ4n) is 1.99. The summed E-state index contributed by atoms with van der Waals surface area (Å²) in [5.41, 5.74) is 6.97. The molecule has 0 saturated heterocycles. The predicted molar refractivity (Wildman–Crippen MR) is 72.4 cm³/mol. The number of nitrogens with one attached hydrogen (secondary N) is 1. The van der Waals surface area contributed by atoms with Gasteiger partial charge in [-0.2, -0.15) is 0 Å². The molecule has 4 heteroatoms. The third kappa shape index (κ3) is 2.94. The fraction of sp³-hybridized carbons (Fsp3) is 0.429. The zero-order valence-corrected chi connectivity index (χ0v) is 10.7. The average molecular weight is 250 g/mol. The Bertz CT molecular complexity index is 449. The number of ether oxygens (including phenoxy) is 1. The van der Waals surface area contributed by atoms with Crippen LogP contribution in [0, 0.1) is 5.82 Å². The molecule has 0 unspecified atom stereocenters. The molecule has 0 spiro atoms. The molecule has 0 atom stereocenters. The molecule has 0 aliphatic heterocycles. The van der Waals surface area contributed by atoms with Gasteiger partial charge in [-0.15, -0.1) is 0 Å². The smallest absolute Gasteiger partial charge is 0.167 e. The van der Waals surface area contributed by atoms with Gasteiger partial charge in [0.05, 0.1) is 17.5 Å². The molecule has 0 heterocycles. The maximum Gasteiger partial charge on any atom is 0.167 e. The van der Waals surface area contributed by atoms with Crippen molar-refractivity contribution in [1.29, 1.82) is 0 Å². The van der Waals surface area contributed by atoms with Gasteiger partial charge < -0.3 is 15.8 Å². The first-order valence-electron chi connectivity index (χ1n) is 6.23. The van der Waals surface area contributed by atoms with E-state index in [2.05, 4.69) is 17.5 Å². The normalized spacial score (nSPS) is 15.3. The molecule has 0 saturated carbocycles. The van der Waals surface area contributed by atoms with Gasteiger partial charge in [0.2, 0.25) is 0 Å². The molecule has 1 aromatic rings. The summed E-state index contributed by atoms with van der Waals surface area (Å²) in [7, 11) is 0. The molecule has 2 rings (SSSR count). The number of anilines is 2. The number of hydrogen-bond acceptors (Lipinski definition) is 3. The molecule has 1 aliphatic rings. The van der Waals surface area contributed by atoms with E-state index in [0.717, 1.165) is 18.5 Å². The van der Waals surface area contributed by atoms with Crippen LogP contribution >= 0.6 is 0 Å². The third-order valence-corrected chi connectivity index (χ3v) is 2.83. The summed E-state index contributed by atoms with van der Waals surface area (Å²) in [6.07, 6.45) is 6.13. The van der Waals surface area contributed by atoms with E-state index in [-0.39, 0.29) is 11.9 Å². The Labute approximate surface area is 107 Å². The fourth-order valence-corrected chi connectivity index (χ4v) is 1.99. The largest absolute Gasteiger partial charge is 0.488 e. The van der Waals surface area contributed by atoms with Gasteiger partial charge in [-0.3, -0.25) is 0 Å². The van der Waals surface area contributed by atoms with E-state index in [9.17, 15) is 4.39 Å². The van der Waals surface area contributed by atoms with E-state index < -0.39 is 5.82 Å². The number of hydrogen-bond donors (Lipinski definition) is 2. The number of nitrogen functional groups attached to an aromatic ring is 1. The van der Waals surface area contributed by atoms with Gasteiger partial charge in [0, 0.05) is 18.2 Å². The van der Waals surface area contributed by atoms with E-state index in [1.165, 1.54) is 6.07 Å². The van der Waals surface area contributed by atoms with Crippen molar-refractivity contribution in [1.82, 2.24) is 0 Å². The lowest BCUT2D eigenvalue weighted by Gasteiger charge is -2.18. The first kappa shape index (κ1) is 12.7. The lowest BCUT2D eigenvalue weighted by molar-refractivity contribution is 0.231. The van der Waals surface area contributed by atoms with Crippen LogP contribution < -0.4 is 15.8 Å². The van der Waals surface area contributed by atoms with Crippen LogP contribution in [-0.4, -0.2) is 12.1 Å². The van der Waals surface area contributed by atoms with E-state index in [4.69, 9.17) is 10.5 Å². The monoisotopic (exact) mass is 250 g/mol. The van der Waals surface area contributed by atoms with Gasteiger partial charge in [0.1, 0.15) is 0 Å². The summed E-state index contributed by atoms with van der Waals surface area (Å²) in [5.74, 6) is -0.177. The van der Waals surface area contributed by atoms with Crippen LogP contribution in [-0.2, 0) is 0 Å². The van der Waals surface area contributed by atoms with Crippen LogP contribution in [0.5, 0.6) is 5.75 Å². The Balaban J connectivity index is 2.17. The molecule has 0 fully saturated rings. The van der Waals surface area contributed by atoms with E-state index in [1.807, 2.05) is 13.8 Å². The predicted octanol–water partition coefficient (Wildman–Crippen LogP) is 3.33. The van der Waals surface area contributed by atoms with Crippen LogP contribution in [0.3, 0.4) is 0 Å². The van der Waals surface area contributed by atoms with Crippen LogP contribution in [0.25, 0.3) is 0 Å². The second-order valence-electron chi connectivity index (χ2n) is 4.82. The van der Waals surface area contributed by atoms with Crippen LogP contribution in [0.1, 0.15) is 26.7 Å². The molecule has 1 aliphatic carbocycles. The zero-order valence-electron chi connectivity index (χ0n) is 10.7. The van der Waals surface area contributed by atoms with E-state index >= 15 is 0 Å². The highest BCUT2D eigenvalue weighted by atomic mass is 19.1. The first-order chi connectivity index (χ1) is 8.56. The van der Waals surface area contributed by atoms with Crippen molar-refractivity contribution >= 4 is 11.4 Å². The number of benzene rings is 1. The highest BCUT2D eigenvalue weighted by Gasteiger charge is 2.14. The maximum absolute atomic E-state index is 13.7. The van der Waals surface area contributed by atoms with Crippen molar-refractivity contribution < 1.29 is 9.13 Å². The second kappa shape index (κ2) is 5.29. The second-order valence-corrected chi connectivity index (χ2v) is 4.82. The summed E-state index contributed by atoms with van der Waals surface area (Å²) in [5, 5.41) is 3.32. The average Bonchev–Trinajstić information content (AvgIpc) is 2.77. The Hall–Kier alpha value is -1.71. The molecule has 0 aromatic heterocycles. The quantitative estimate of drug-likeness (QED) is 0.636. The summed E-state index contributed by atoms with van der Waals surface area (Å²) >= 11 is 0. The molecular formula is C14H19FN2O. The van der Waals surface area contributed by atoms with Crippen molar-refractivity contribution in [2.24, 2.45) is 0 Å². The lowest BCUT2D eigenvalue weighted by atomic mass is 10.2. The minimum absolute atomic E-state index is 0.0656. The van der Waals surface area contributed by atoms with Gasteiger partial charge in [0.25, 0.3) is 0 Å². The van der Waals surface area contributed by atoms with Gasteiger partial charge in [-0.1, -0.05) is 12.2 Å². The molecule has 3 N–H and O–H groups in total. The van der Waals surface area contributed by atoms with Crippen molar-refractivity contribution in [3.63, 3.8) is 0 Å². The van der Waals surface area contributed by atoms with Gasteiger partial charge in [-0.25, -0.2) is 4.39 Å². The van der Waals surface area contributed by atoms with Crippen molar-refractivity contribution in [3.8, 4) is 5.75 Å². The highest BCUT2D eigenvalue weighted by Crippen LogP contribution is 2.30. The van der Waals surface area contributed by atoms with Gasteiger partial charge in [0.15, 0.2) is 11.6 Å². The van der Waals surface area contributed by atoms with Crippen LogP contribution in [0.15, 0.2) is 24.3 Å². The van der Waals surface area contributed by atoms with E-state index in [1.54, 1.807) is 6.07 Å². The topological polar surface area (TPSA) is 47.3 Å². The minimum Gasteiger partial charge on any atom is -0.488 e. The van der Waals surface area contributed by atoms with Crippen molar-refractivity contribution in [3.05, 3.63) is 30.1 Å². The summed E-state index contributed by atoms with van der Waals surface area (Å²) in [4.78, 5) is 0. The Kier molecular flexibility index (Phi) is 3.75. The number of rotatable bonds is 4. The molecule has 0 radical (unpaired) electrons. The Morgan fingerprint density at radius 3 is 2.61 bits per heavy atom. The Morgan fingerprint density at radius 2 is 2.00 bits per heavy atom. The highest BCUT2D eigenvalue weighted by molar-refractivity contribution is 5.69. The number of halogens is 1. The van der Waals surface area contributed by atoms with Crippen molar-refractivity contribution in [2.75, 3.05) is 11.1 Å². The first-order valence-corrected chi connectivity index (χ1v) is 6.23. The lowest BCUT2D eigenvalue weighted by Crippen LogP contribution is -2.16. The number of nitrogens with two attached hydrogens (primary N) is 1. The molecule has 18 heavy (non-hydrogen) atoms. The molecule has 0 amide bonds. The molecule has 1 aromatic carbocycles. The molecular weight excluding hydrogens is 231 g/mol. The maximum atomic E-state index is 13.7. The standard InChI is InChI=1S/C14H19FN2O/c1-9(2)18-14-8-13(12(16)7-11(14)15)17-10-5-3-4-6-10/h3-4,7-10,17H,5-6,16H2,1-2H3. The minimum atomic E-state index is -0.420.